The molecule has 0 spiro atoms. The average Bonchev–Trinajstić information content (AvgIpc) is 2.18. The summed E-state index contributed by atoms with van der Waals surface area (Å²) < 4.78 is 0. The fraction of sp³-hybridized carbons (Fsp3) is 0.0909. The number of hydrogen-bond acceptors (Lipinski definition) is 3. The van der Waals surface area contributed by atoms with Crippen LogP contribution in [0.2, 0.25) is 0 Å². The molecule has 0 saturated heterocycles. The number of rotatable bonds is 2. The third-order valence-corrected chi connectivity index (χ3v) is 1.66. The SMILES string of the molecule is N#CCC=Cc1ccc(C#N)c(O)c1. The van der Waals surface area contributed by atoms with Gasteiger partial charge in [-0.15, -0.1) is 0 Å². The summed E-state index contributed by atoms with van der Waals surface area (Å²) in [6, 6.07) is 8.59. The summed E-state index contributed by atoms with van der Waals surface area (Å²) in [6.45, 7) is 0. The van der Waals surface area contributed by atoms with Crippen LogP contribution < -0.4 is 0 Å². The van der Waals surface area contributed by atoms with Gasteiger partial charge in [0.15, 0.2) is 0 Å². The van der Waals surface area contributed by atoms with E-state index < -0.39 is 0 Å². The lowest BCUT2D eigenvalue weighted by Gasteiger charge is -1.96. The number of allylic oxidation sites excluding steroid dienone is 1. The summed E-state index contributed by atoms with van der Waals surface area (Å²) in [5, 5.41) is 26.2. The Morgan fingerprint density at radius 2 is 2.14 bits per heavy atom. The molecule has 0 heterocycles. The number of benzene rings is 1. The molecule has 1 N–H and O–H groups in total. The molecular weight excluding hydrogens is 176 g/mol. The minimum absolute atomic E-state index is 0.0355. The fourth-order valence-electron chi connectivity index (χ4n) is 0.995. The third-order valence-electron chi connectivity index (χ3n) is 1.66. The number of nitriles is 2. The van der Waals surface area contributed by atoms with Crippen molar-refractivity contribution in [2.24, 2.45) is 0 Å². The number of phenolic OH excluding ortho intramolecular Hbond substituents is 1. The number of hydrogen-bond donors (Lipinski definition) is 1. The molecule has 0 amide bonds. The van der Waals surface area contributed by atoms with E-state index in [1.54, 1.807) is 24.3 Å². The Bertz CT molecular complexity index is 436. The summed E-state index contributed by atoms with van der Waals surface area (Å²) in [5.41, 5.74) is 1.03. The molecular formula is C11H8N2O. The Morgan fingerprint density at radius 3 is 2.71 bits per heavy atom. The highest BCUT2D eigenvalue weighted by Crippen LogP contribution is 2.18. The van der Waals surface area contributed by atoms with Crippen LogP contribution in [0.1, 0.15) is 17.5 Å². The molecule has 0 aliphatic carbocycles. The number of nitrogens with zero attached hydrogens (tertiary/aromatic N) is 2. The lowest BCUT2D eigenvalue weighted by molar-refractivity contribution is 0.473. The van der Waals surface area contributed by atoms with E-state index in [0.29, 0.717) is 6.42 Å². The fourth-order valence-corrected chi connectivity index (χ4v) is 0.995. The van der Waals surface area contributed by atoms with Crippen LogP contribution in [0.3, 0.4) is 0 Å². The third kappa shape index (κ3) is 2.36. The van der Waals surface area contributed by atoms with E-state index in [-0.39, 0.29) is 11.3 Å². The minimum Gasteiger partial charge on any atom is -0.507 e. The first-order valence-corrected chi connectivity index (χ1v) is 4.04. The van der Waals surface area contributed by atoms with E-state index in [1.165, 1.54) is 6.07 Å². The van der Waals surface area contributed by atoms with Gasteiger partial charge in [0.05, 0.1) is 18.1 Å². The molecule has 0 fully saturated rings. The molecule has 0 unspecified atom stereocenters. The van der Waals surface area contributed by atoms with Gasteiger partial charge in [-0.3, -0.25) is 0 Å². The minimum atomic E-state index is -0.0355. The van der Waals surface area contributed by atoms with E-state index in [0.717, 1.165) is 5.56 Å². The molecule has 0 atom stereocenters. The smallest absolute Gasteiger partial charge is 0.133 e. The zero-order chi connectivity index (χ0) is 10.4. The van der Waals surface area contributed by atoms with Crippen molar-refractivity contribution in [2.45, 2.75) is 6.42 Å². The molecule has 3 nitrogen and oxygen atoms in total. The van der Waals surface area contributed by atoms with Crippen LogP contribution in [-0.2, 0) is 0 Å². The van der Waals surface area contributed by atoms with Gasteiger partial charge in [0, 0.05) is 0 Å². The zero-order valence-electron chi connectivity index (χ0n) is 7.44. The van der Waals surface area contributed by atoms with E-state index in [4.69, 9.17) is 10.5 Å². The summed E-state index contributed by atoms with van der Waals surface area (Å²) in [5.74, 6) is -0.0355. The highest BCUT2D eigenvalue weighted by Gasteiger charge is 1.98. The highest BCUT2D eigenvalue weighted by molar-refractivity contribution is 5.56. The maximum absolute atomic E-state index is 9.33. The largest absolute Gasteiger partial charge is 0.507 e. The molecule has 0 radical (unpaired) electrons. The maximum Gasteiger partial charge on any atom is 0.133 e. The van der Waals surface area contributed by atoms with E-state index in [9.17, 15) is 5.11 Å². The van der Waals surface area contributed by atoms with Crippen molar-refractivity contribution < 1.29 is 5.11 Å². The molecule has 0 aliphatic rings. The van der Waals surface area contributed by atoms with Gasteiger partial charge in [-0.2, -0.15) is 10.5 Å². The predicted octanol–water partition coefficient (Wildman–Crippen LogP) is 2.19. The van der Waals surface area contributed by atoms with Crippen LogP contribution in [0.25, 0.3) is 6.08 Å². The maximum atomic E-state index is 9.33. The molecule has 0 aromatic heterocycles. The van der Waals surface area contributed by atoms with Gasteiger partial charge in [0.2, 0.25) is 0 Å². The molecule has 1 rings (SSSR count). The van der Waals surface area contributed by atoms with Crippen LogP contribution in [0.5, 0.6) is 5.75 Å². The zero-order valence-corrected chi connectivity index (χ0v) is 7.44. The molecule has 14 heavy (non-hydrogen) atoms. The van der Waals surface area contributed by atoms with E-state index in [2.05, 4.69) is 0 Å². The molecule has 1 aromatic carbocycles. The van der Waals surface area contributed by atoms with Crippen molar-refractivity contribution >= 4 is 6.08 Å². The first-order chi connectivity index (χ1) is 6.77. The Balaban J connectivity index is 2.89. The van der Waals surface area contributed by atoms with Crippen LogP contribution in [-0.4, -0.2) is 5.11 Å². The van der Waals surface area contributed by atoms with Gasteiger partial charge >= 0.3 is 0 Å². The molecule has 3 heteroatoms. The molecule has 0 bridgehead atoms. The van der Waals surface area contributed by atoms with Gasteiger partial charge in [-0.05, 0) is 17.7 Å². The van der Waals surface area contributed by atoms with Crippen LogP contribution in [0, 0.1) is 22.7 Å². The molecule has 68 valence electrons. The monoisotopic (exact) mass is 184 g/mol. The van der Waals surface area contributed by atoms with Crippen LogP contribution in [0.4, 0.5) is 0 Å². The Kier molecular flexibility index (Phi) is 3.29. The van der Waals surface area contributed by atoms with Gasteiger partial charge in [-0.25, -0.2) is 0 Å². The average molecular weight is 184 g/mol. The second kappa shape index (κ2) is 4.69. The van der Waals surface area contributed by atoms with E-state index in [1.807, 2.05) is 12.1 Å². The van der Waals surface area contributed by atoms with Gasteiger partial charge in [0.1, 0.15) is 11.8 Å². The van der Waals surface area contributed by atoms with Gasteiger partial charge < -0.3 is 5.11 Å². The molecule has 0 aliphatic heterocycles. The second-order valence-corrected chi connectivity index (χ2v) is 2.65. The van der Waals surface area contributed by atoms with Crippen molar-refractivity contribution in [3.63, 3.8) is 0 Å². The second-order valence-electron chi connectivity index (χ2n) is 2.65. The van der Waals surface area contributed by atoms with Crippen molar-refractivity contribution in [1.29, 1.82) is 10.5 Å². The standard InChI is InChI=1S/C11H8N2O/c12-6-2-1-3-9-4-5-10(8-13)11(14)7-9/h1,3-5,7,14H,2H2. The quantitative estimate of drug-likeness (QED) is 0.765. The van der Waals surface area contributed by atoms with Crippen molar-refractivity contribution in [1.82, 2.24) is 0 Å². The van der Waals surface area contributed by atoms with Crippen LogP contribution >= 0.6 is 0 Å². The van der Waals surface area contributed by atoms with E-state index >= 15 is 0 Å². The topological polar surface area (TPSA) is 67.8 Å². The normalized spacial score (nSPS) is 9.57. The molecule has 1 aromatic rings. The molecule has 0 saturated carbocycles. The van der Waals surface area contributed by atoms with Crippen molar-refractivity contribution in [3.8, 4) is 17.9 Å². The lowest BCUT2D eigenvalue weighted by Crippen LogP contribution is -1.78. The summed E-state index contributed by atoms with van der Waals surface area (Å²) in [4.78, 5) is 0. The Morgan fingerprint density at radius 1 is 1.36 bits per heavy atom. The first-order valence-electron chi connectivity index (χ1n) is 4.04. The van der Waals surface area contributed by atoms with Crippen molar-refractivity contribution in [2.75, 3.05) is 0 Å². The van der Waals surface area contributed by atoms with Crippen LogP contribution in [0.15, 0.2) is 24.3 Å². The highest BCUT2D eigenvalue weighted by atomic mass is 16.3. The number of phenols is 1. The predicted molar refractivity (Wildman–Crippen MR) is 52.1 cm³/mol. The summed E-state index contributed by atoms with van der Waals surface area (Å²) in [6.07, 6.45) is 3.76. The Labute approximate surface area is 82.1 Å². The summed E-state index contributed by atoms with van der Waals surface area (Å²) in [7, 11) is 0. The first kappa shape index (κ1) is 9.83. The summed E-state index contributed by atoms with van der Waals surface area (Å²) >= 11 is 0. The number of aromatic hydroxyl groups is 1. The lowest BCUT2D eigenvalue weighted by atomic mass is 10.1. The van der Waals surface area contributed by atoms with Gasteiger partial charge in [-0.1, -0.05) is 18.2 Å². The van der Waals surface area contributed by atoms with Crippen molar-refractivity contribution in [3.05, 3.63) is 35.4 Å². The van der Waals surface area contributed by atoms with Gasteiger partial charge in [0.25, 0.3) is 0 Å². The Hall–Kier alpha value is -2.26.